The number of nitrogens with zero attached hydrogens (tertiary/aromatic N) is 1. The molecule has 1 rings (SSSR count). The van der Waals surface area contributed by atoms with Gasteiger partial charge in [-0.1, -0.05) is 0 Å². The van der Waals surface area contributed by atoms with Crippen molar-refractivity contribution in [2.75, 3.05) is 13.1 Å². The minimum atomic E-state index is -4.07. The highest BCUT2D eigenvalue weighted by Crippen LogP contribution is 2.21. The molecule has 4 nitrogen and oxygen atoms in total. The van der Waals surface area contributed by atoms with E-state index in [1.165, 1.54) is 0 Å². The molecule has 1 aromatic heterocycles. The molecule has 0 unspecified atom stereocenters. The molecule has 0 aromatic carbocycles. The van der Waals surface area contributed by atoms with Crippen molar-refractivity contribution in [1.29, 1.82) is 0 Å². The summed E-state index contributed by atoms with van der Waals surface area (Å²) in [6.45, 7) is 3.46. The summed E-state index contributed by atoms with van der Waals surface area (Å²) >= 11 is 0. The highest BCUT2D eigenvalue weighted by molar-refractivity contribution is 5.79. The van der Waals surface area contributed by atoms with Crippen LogP contribution in [0, 0.1) is 0 Å². The zero-order chi connectivity index (χ0) is 14.8. The van der Waals surface area contributed by atoms with Crippen LogP contribution in [0.4, 0.5) is 13.2 Å². The fraction of sp³-hybridized carbons (Fsp3) is 0.615. The van der Waals surface area contributed by atoms with E-state index in [0.29, 0.717) is 32.0 Å². The Morgan fingerprint density at radius 3 is 2.70 bits per heavy atom. The number of furan rings is 1. The maximum absolute atomic E-state index is 12.0. The predicted octanol–water partition coefficient (Wildman–Crippen LogP) is 3.07. The molecule has 0 aliphatic rings. The summed E-state index contributed by atoms with van der Waals surface area (Å²) in [6, 6.07) is 3.60. The van der Waals surface area contributed by atoms with Crippen LogP contribution in [0.1, 0.15) is 31.9 Å². The highest BCUT2D eigenvalue weighted by atomic mass is 19.4. The Morgan fingerprint density at radius 2 is 2.10 bits per heavy atom. The van der Waals surface area contributed by atoms with Crippen LogP contribution >= 0.6 is 0 Å². The SMILES string of the molecule is CCNC(=NCc1ccco1)NCCCCC(F)(F)F. The minimum absolute atomic E-state index is 0.119. The molecule has 7 heteroatoms. The first-order valence-corrected chi connectivity index (χ1v) is 6.62. The molecule has 0 saturated carbocycles. The fourth-order valence-corrected chi connectivity index (χ4v) is 1.56. The first kappa shape index (κ1) is 16.4. The maximum Gasteiger partial charge on any atom is 0.389 e. The van der Waals surface area contributed by atoms with E-state index >= 15 is 0 Å². The Morgan fingerprint density at radius 1 is 1.30 bits per heavy atom. The van der Waals surface area contributed by atoms with Crippen LogP contribution in [0.15, 0.2) is 27.8 Å². The van der Waals surface area contributed by atoms with Crippen molar-refractivity contribution in [3.63, 3.8) is 0 Å². The van der Waals surface area contributed by atoms with Crippen molar-refractivity contribution in [1.82, 2.24) is 10.6 Å². The summed E-state index contributed by atoms with van der Waals surface area (Å²) < 4.78 is 41.1. The van der Waals surface area contributed by atoms with Gasteiger partial charge in [0.2, 0.25) is 0 Å². The third-order valence-electron chi connectivity index (χ3n) is 2.50. The predicted molar refractivity (Wildman–Crippen MR) is 71.4 cm³/mol. The average molecular weight is 291 g/mol. The quantitative estimate of drug-likeness (QED) is 0.461. The number of guanidine groups is 1. The lowest BCUT2D eigenvalue weighted by Gasteiger charge is -2.11. The second kappa shape index (κ2) is 8.50. The Labute approximate surface area is 116 Å². The Kier molecular flexibility index (Phi) is 6.97. The monoisotopic (exact) mass is 291 g/mol. The molecule has 0 atom stereocenters. The lowest BCUT2D eigenvalue weighted by molar-refractivity contribution is -0.135. The number of nitrogens with one attached hydrogen (secondary N) is 2. The van der Waals surface area contributed by atoms with Crippen LogP contribution in [-0.4, -0.2) is 25.2 Å². The van der Waals surface area contributed by atoms with Crippen molar-refractivity contribution >= 4 is 5.96 Å². The van der Waals surface area contributed by atoms with E-state index in [1.54, 1.807) is 12.3 Å². The second-order valence-electron chi connectivity index (χ2n) is 4.27. The van der Waals surface area contributed by atoms with Gasteiger partial charge in [0.05, 0.1) is 6.26 Å². The smallest absolute Gasteiger partial charge is 0.389 e. The summed E-state index contributed by atoms with van der Waals surface area (Å²) in [6.07, 6.45) is -2.67. The first-order valence-electron chi connectivity index (χ1n) is 6.62. The molecule has 0 radical (unpaired) electrons. The molecular weight excluding hydrogens is 271 g/mol. The van der Waals surface area contributed by atoms with E-state index in [4.69, 9.17) is 4.42 Å². The summed E-state index contributed by atoms with van der Waals surface area (Å²) in [7, 11) is 0. The van der Waals surface area contributed by atoms with E-state index in [9.17, 15) is 13.2 Å². The molecule has 114 valence electrons. The highest BCUT2D eigenvalue weighted by Gasteiger charge is 2.25. The Hall–Kier alpha value is -1.66. The standard InChI is InChI=1S/C13H20F3N3O/c1-2-17-12(19-10-11-6-5-9-20-11)18-8-4-3-7-13(14,15)16/h5-6,9H,2-4,7-8,10H2,1H3,(H2,17,18,19). The molecule has 2 N–H and O–H groups in total. The number of unbranched alkanes of at least 4 members (excludes halogenated alkanes) is 1. The number of hydrogen-bond acceptors (Lipinski definition) is 2. The lowest BCUT2D eigenvalue weighted by Crippen LogP contribution is -2.37. The maximum atomic E-state index is 12.0. The van der Waals surface area contributed by atoms with Crippen molar-refractivity contribution in [2.24, 2.45) is 4.99 Å². The molecule has 0 aliphatic carbocycles. The molecule has 0 fully saturated rings. The topological polar surface area (TPSA) is 49.6 Å². The lowest BCUT2D eigenvalue weighted by atomic mass is 10.2. The Balaban J connectivity index is 2.26. The summed E-state index contributed by atoms with van der Waals surface area (Å²) in [5, 5.41) is 6.03. The molecule has 20 heavy (non-hydrogen) atoms. The third kappa shape index (κ3) is 7.70. The normalized spacial score (nSPS) is 12.5. The first-order chi connectivity index (χ1) is 9.51. The number of alkyl halides is 3. The number of rotatable bonds is 7. The van der Waals surface area contributed by atoms with E-state index in [-0.39, 0.29) is 6.42 Å². The van der Waals surface area contributed by atoms with Crippen molar-refractivity contribution in [2.45, 2.75) is 38.9 Å². The molecule has 1 heterocycles. The van der Waals surface area contributed by atoms with Gasteiger partial charge in [0, 0.05) is 19.5 Å². The number of halogens is 3. The van der Waals surface area contributed by atoms with Gasteiger partial charge >= 0.3 is 6.18 Å². The van der Waals surface area contributed by atoms with E-state index in [0.717, 1.165) is 5.76 Å². The molecule has 0 amide bonds. The fourth-order valence-electron chi connectivity index (χ4n) is 1.56. The zero-order valence-corrected chi connectivity index (χ0v) is 11.5. The molecule has 0 bridgehead atoms. The zero-order valence-electron chi connectivity index (χ0n) is 11.5. The van der Waals surface area contributed by atoms with Crippen molar-refractivity contribution in [3.8, 4) is 0 Å². The Bertz CT molecular complexity index is 388. The summed E-state index contributed by atoms with van der Waals surface area (Å²) in [4.78, 5) is 4.28. The molecule has 0 spiro atoms. The molecule has 1 aromatic rings. The van der Waals surface area contributed by atoms with Gasteiger partial charge in [-0.05, 0) is 31.9 Å². The van der Waals surface area contributed by atoms with Gasteiger partial charge in [-0.3, -0.25) is 0 Å². The van der Waals surface area contributed by atoms with Crippen LogP contribution in [0.2, 0.25) is 0 Å². The van der Waals surface area contributed by atoms with Crippen LogP contribution in [-0.2, 0) is 6.54 Å². The summed E-state index contributed by atoms with van der Waals surface area (Å²) in [5.74, 6) is 1.31. The molecular formula is C13H20F3N3O. The second-order valence-corrected chi connectivity index (χ2v) is 4.27. The van der Waals surface area contributed by atoms with E-state index in [1.807, 2.05) is 13.0 Å². The van der Waals surface area contributed by atoms with Crippen molar-refractivity contribution in [3.05, 3.63) is 24.2 Å². The van der Waals surface area contributed by atoms with E-state index < -0.39 is 12.6 Å². The molecule has 0 aliphatic heterocycles. The van der Waals surface area contributed by atoms with Crippen LogP contribution < -0.4 is 10.6 Å². The largest absolute Gasteiger partial charge is 0.467 e. The van der Waals surface area contributed by atoms with Crippen molar-refractivity contribution < 1.29 is 17.6 Å². The summed E-state index contributed by atoms with van der Waals surface area (Å²) in [5.41, 5.74) is 0. The van der Waals surface area contributed by atoms with Crippen LogP contribution in [0.3, 0.4) is 0 Å². The average Bonchev–Trinajstić information content (AvgIpc) is 2.87. The molecule has 0 saturated heterocycles. The van der Waals surface area contributed by atoms with Gasteiger partial charge in [0.25, 0.3) is 0 Å². The van der Waals surface area contributed by atoms with Crippen LogP contribution in [0.5, 0.6) is 0 Å². The van der Waals surface area contributed by atoms with E-state index in [2.05, 4.69) is 15.6 Å². The van der Waals surface area contributed by atoms with Gasteiger partial charge in [-0.25, -0.2) is 4.99 Å². The van der Waals surface area contributed by atoms with Gasteiger partial charge in [-0.15, -0.1) is 0 Å². The van der Waals surface area contributed by atoms with Gasteiger partial charge in [0.15, 0.2) is 5.96 Å². The number of aliphatic imine (C=N–C) groups is 1. The van der Waals surface area contributed by atoms with Gasteiger partial charge in [-0.2, -0.15) is 13.2 Å². The minimum Gasteiger partial charge on any atom is -0.467 e. The van der Waals surface area contributed by atoms with Crippen LogP contribution in [0.25, 0.3) is 0 Å². The number of hydrogen-bond donors (Lipinski definition) is 2. The van der Waals surface area contributed by atoms with Gasteiger partial charge in [0.1, 0.15) is 12.3 Å². The van der Waals surface area contributed by atoms with Gasteiger partial charge < -0.3 is 15.1 Å². The third-order valence-corrected chi connectivity index (χ3v) is 2.50.